The van der Waals surface area contributed by atoms with Gasteiger partial charge in [0.15, 0.2) is 0 Å². The predicted octanol–water partition coefficient (Wildman–Crippen LogP) is 1.72. The van der Waals surface area contributed by atoms with Crippen molar-refractivity contribution in [3.8, 4) is 0 Å². The van der Waals surface area contributed by atoms with Crippen molar-refractivity contribution >= 4 is 17.3 Å². The van der Waals surface area contributed by atoms with Gasteiger partial charge in [-0.1, -0.05) is 0 Å². The number of hydrogen-bond donors (Lipinski definition) is 3. The van der Waals surface area contributed by atoms with E-state index in [-0.39, 0.29) is 23.4 Å². The van der Waals surface area contributed by atoms with E-state index in [0.29, 0.717) is 24.9 Å². The average molecular weight is 346 g/mol. The first-order valence-electron chi connectivity index (χ1n) is 8.52. The number of likely N-dealkylation sites (N-methyl/N-ethyl adjacent to an activating group) is 1. The van der Waals surface area contributed by atoms with Gasteiger partial charge in [0.1, 0.15) is 17.3 Å². The Bertz CT molecular complexity index is 346. The van der Waals surface area contributed by atoms with Crippen molar-refractivity contribution in [1.82, 2.24) is 16.0 Å². The third-order valence-electron chi connectivity index (χ3n) is 3.55. The molecule has 0 rings (SSSR count). The lowest BCUT2D eigenvalue weighted by molar-refractivity contribution is -0.119. The van der Waals surface area contributed by atoms with Gasteiger partial charge in [0, 0.05) is 24.9 Å². The predicted molar refractivity (Wildman–Crippen MR) is 101 cm³/mol. The summed E-state index contributed by atoms with van der Waals surface area (Å²) < 4.78 is 0. The summed E-state index contributed by atoms with van der Waals surface area (Å²) >= 11 is 0. The number of Topliss-reactive ketones (excluding diaryl/α,β-unsaturated/α-hetero) is 3. The zero-order valence-corrected chi connectivity index (χ0v) is 17.1. The highest BCUT2D eigenvalue weighted by molar-refractivity contribution is 5.80. The Balaban J connectivity index is -0.000000278. The average Bonchev–Trinajstić information content (AvgIpc) is 2.51. The monoisotopic (exact) mass is 345 g/mol. The van der Waals surface area contributed by atoms with Crippen molar-refractivity contribution in [3.63, 3.8) is 0 Å². The van der Waals surface area contributed by atoms with Gasteiger partial charge in [-0.3, -0.25) is 9.59 Å². The second kappa shape index (κ2) is 18.2. The molecule has 0 aromatic rings. The minimum atomic E-state index is 0.0139. The van der Waals surface area contributed by atoms with E-state index in [2.05, 4.69) is 22.9 Å². The molecule has 0 aromatic heterocycles. The molecule has 6 nitrogen and oxygen atoms in total. The van der Waals surface area contributed by atoms with Crippen molar-refractivity contribution in [2.24, 2.45) is 0 Å². The Labute approximate surface area is 148 Å². The highest BCUT2D eigenvalue weighted by Crippen LogP contribution is 1.95. The summed E-state index contributed by atoms with van der Waals surface area (Å²) in [6.07, 6.45) is 2.28. The minimum absolute atomic E-state index is 0.0139. The summed E-state index contributed by atoms with van der Waals surface area (Å²) in [5.41, 5.74) is 0. The number of rotatable bonds is 9. The van der Waals surface area contributed by atoms with Gasteiger partial charge in [0.05, 0.1) is 6.04 Å². The van der Waals surface area contributed by atoms with Crippen LogP contribution in [0.2, 0.25) is 0 Å². The molecule has 0 aliphatic rings. The van der Waals surface area contributed by atoms with E-state index in [4.69, 9.17) is 0 Å². The van der Waals surface area contributed by atoms with Crippen molar-refractivity contribution in [3.05, 3.63) is 0 Å². The molecule has 0 saturated heterocycles. The molecule has 0 aliphatic heterocycles. The first-order valence-corrected chi connectivity index (χ1v) is 8.52. The van der Waals surface area contributed by atoms with Crippen LogP contribution in [0, 0.1) is 0 Å². The van der Waals surface area contributed by atoms with Crippen LogP contribution in [0.3, 0.4) is 0 Å². The molecule has 24 heavy (non-hydrogen) atoms. The lowest BCUT2D eigenvalue weighted by atomic mass is 10.1. The standard InChI is InChI=1S/C7H15NO.C6H13NO.C5H11NO/c1-6(8-3)4-5-7(2)9;1-5(7-3)4-6(2)8;1-4(6-3)5(2)7/h6,8H,4-5H2,1-3H3;5,7H,4H2,1-3H3;4,6H,1-3H3. The van der Waals surface area contributed by atoms with Gasteiger partial charge in [0.2, 0.25) is 0 Å². The maximum atomic E-state index is 10.4. The third-order valence-corrected chi connectivity index (χ3v) is 3.55. The third kappa shape index (κ3) is 25.8. The second-order valence-corrected chi connectivity index (χ2v) is 6.15. The van der Waals surface area contributed by atoms with E-state index in [1.54, 1.807) is 27.8 Å². The van der Waals surface area contributed by atoms with Gasteiger partial charge in [-0.05, 0) is 69.1 Å². The summed E-state index contributed by atoms with van der Waals surface area (Å²) in [7, 11) is 5.53. The summed E-state index contributed by atoms with van der Waals surface area (Å²) in [5.74, 6) is 0.700. The van der Waals surface area contributed by atoms with Crippen molar-refractivity contribution in [1.29, 1.82) is 0 Å². The van der Waals surface area contributed by atoms with Gasteiger partial charge in [-0.25, -0.2) is 0 Å². The maximum absolute atomic E-state index is 10.4. The molecule has 0 aliphatic carbocycles. The first kappa shape index (κ1) is 27.7. The number of nitrogens with one attached hydrogen (secondary N) is 3. The molecule has 6 heteroatoms. The smallest absolute Gasteiger partial charge is 0.146 e. The van der Waals surface area contributed by atoms with Crippen molar-refractivity contribution < 1.29 is 14.4 Å². The molecule has 0 radical (unpaired) electrons. The quantitative estimate of drug-likeness (QED) is 0.590. The highest BCUT2D eigenvalue weighted by Gasteiger charge is 2.00. The molecule has 0 aromatic carbocycles. The van der Waals surface area contributed by atoms with E-state index in [1.165, 1.54) is 0 Å². The zero-order valence-electron chi connectivity index (χ0n) is 17.1. The molecule has 0 amide bonds. The van der Waals surface area contributed by atoms with Crippen LogP contribution < -0.4 is 16.0 Å². The normalized spacial score (nSPS) is 13.4. The van der Waals surface area contributed by atoms with E-state index in [0.717, 1.165) is 6.42 Å². The Morgan fingerprint density at radius 3 is 1.38 bits per heavy atom. The summed E-state index contributed by atoms with van der Waals surface area (Å²) in [6.45, 7) is 10.7. The molecule has 144 valence electrons. The second-order valence-electron chi connectivity index (χ2n) is 6.15. The number of carbonyl (C=O) groups excluding carboxylic acids is 3. The molecule has 3 unspecified atom stereocenters. The fourth-order valence-corrected chi connectivity index (χ4v) is 1.30. The molecular formula is C18H39N3O3. The molecule has 0 fully saturated rings. The lowest BCUT2D eigenvalue weighted by Gasteiger charge is -2.06. The van der Waals surface area contributed by atoms with Gasteiger partial charge >= 0.3 is 0 Å². The zero-order chi connectivity index (χ0) is 19.7. The fourth-order valence-electron chi connectivity index (χ4n) is 1.30. The van der Waals surface area contributed by atoms with Gasteiger partial charge in [0.25, 0.3) is 0 Å². The highest BCUT2D eigenvalue weighted by atomic mass is 16.1. The van der Waals surface area contributed by atoms with Gasteiger partial charge in [-0.2, -0.15) is 0 Å². The Morgan fingerprint density at radius 2 is 1.21 bits per heavy atom. The van der Waals surface area contributed by atoms with Crippen LogP contribution in [0.5, 0.6) is 0 Å². The lowest BCUT2D eigenvalue weighted by Crippen LogP contribution is -2.28. The van der Waals surface area contributed by atoms with E-state index in [9.17, 15) is 14.4 Å². The topological polar surface area (TPSA) is 87.3 Å². The Kier molecular flexibility index (Phi) is 21.1. The molecule has 3 N–H and O–H groups in total. The Hall–Kier alpha value is -1.11. The van der Waals surface area contributed by atoms with Crippen LogP contribution >= 0.6 is 0 Å². The van der Waals surface area contributed by atoms with Crippen molar-refractivity contribution in [2.45, 2.75) is 78.9 Å². The Morgan fingerprint density at radius 1 is 0.750 bits per heavy atom. The van der Waals surface area contributed by atoms with Crippen LogP contribution in [0.15, 0.2) is 0 Å². The molecular weight excluding hydrogens is 306 g/mol. The van der Waals surface area contributed by atoms with E-state index in [1.807, 2.05) is 27.9 Å². The molecule has 0 heterocycles. The van der Waals surface area contributed by atoms with Crippen LogP contribution in [0.4, 0.5) is 0 Å². The summed E-state index contributed by atoms with van der Waals surface area (Å²) in [6, 6.07) is 0.807. The van der Waals surface area contributed by atoms with Gasteiger partial charge in [-0.15, -0.1) is 0 Å². The summed E-state index contributed by atoms with van der Waals surface area (Å²) in [4.78, 5) is 31.1. The van der Waals surface area contributed by atoms with Gasteiger partial charge < -0.3 is 20.7 Å². The number of hydrogen-bond acceptors (Lipinski definition) is 6. The van der Waals surface area contributed by atoms with Crippen LogP contribution in [0.25, 0.3) is 0 Å². The SMILES string of the molecule is CNC(C)C(C)=O.CNC(C)CC(C)=O.CNC(C)CCC(C)=O. The summed E-state index contributed by atoms with van der Waals surface area (Å²) in [5, 5.41) is 8.86. The fraction of sp³-hybridized carbons (Fsp3) is 0.833. The van der Waals surface area contributed by atoms with E-state index < -0.39 is 0 Å². The molecule has 0 spiro atoms. The molecule has 0 bridgehead atoms. The molecule has 0 saturated carbocycles. The largest absolute Gasteiger partial charge is 0.317 e. The van der Waals surface area contributed by atoms with Crippen LogP contribution in [0.1, 0.15) is 60.8 Å². The van der Waals surface area contributed by atoms with Crippen LogP contribution in [-0.4, -0.2) is 56.6 Å². The van der Waals surface area contributed by atoms with Crippen molar-refractivity contribution in [2.75, 3.05) is 21.1 Å². The number of ketones is 3. The van der Waals surface area contributed by atoms with Crippen LogP contribution in [-0.2, 0) is 14.4 Å². The molecule has 3 atom stereocenters. The maximum Gasteiger partial charge on any atom is 0.146 e. The van der Waals surface area contributed by atoms with E-state index >= 15 is 0 Å². The first-order chi connectivity index (χ1) is 11.0. The minimum Gasteiger partial charge on any atom is -0.317 e. The number of carbonyl (C=O) groups is 3.